The monoisotopic (exact) mass is 289 g/mol. The van der Waals surface area contributed by atoms with Gasteiger partial charge in [-0.05, 0) is 30.3 Å². The maximum Gasteiger partial charge on any atom is 0.262 e. The molecule has 0 radical (unpaired) electrons. The van der Waals surface area contributed by atoms with E-state index in [2.05, 4.69) is 5.32 Å². The van der Waals surface area contributed by atoms with Gasteiger partial charge in [0.15, 0.2) is 12.9 Å². The smallest absolute Gasteiger partial charge is 0.262 e. The van der Waals surface area contributed by atoms with E-state index in [1.54, 1.807) is 24.3 Å². The number of anilines is 1. The molecule has 0 saturated heterocycles. The number of carbonyl (C=O) groups excluding carboxylic acids is 2. The van der Waals surface area contributed by atoms with Crippen molar-refractivity contribution in [2.24, 2.45) is 0 Å². The normalized spacial score (nSPS) is 9.85. The van der Waals surface area contributed by atoms with Crippen LogP contribution in [-0.2, 0) is 4.79 Å². The highest BCUT2D eigenvalue weighted by Gasteiger charge is 2.05. The third kappa shape index (κ3) is 3.83. The topological polar surface area (TPSA) is 55.4 Å². The van der Waals surface area contributed by atoms with E-state index in [1.165, 1.54) is 6.07 Å². The first-order valence-corrected chi connectivity index (χ1v) is 6.29. The number of halogens is 1. The van der Waals surface area contributed by atoms with Crippen molar-refractivity contribution in [3.8, 4) is 5.75 Å². The quantitative estimate of drug-likeness (QED) is 0.860. The lowest BCUT2D eigenvalue weighted by molar-refractivity contribution is -0.118. The molecule has 0 saturated carbocycles. The second-order valence-electron chi connectivity index (χ2n) is 4.00. The van der Waals surface area contributed by atoms with Gasteiger partial charge < -0.3 is 10.1 Å². The van der Waals surface area contributed by atoms with E-state index in [4.69, 9.17) is 16.3 Å². The van der Waals surface area contributed by atoms with Crippen molar-refractivity contribution in [3.05, 3.63) is 59.1 Å². The second-order valence-corrected chi connectivity index (χ2v) is 4.41. The Bertz CT molecular complexity index is 614. The van der Waals surface area contributed by atoms with E-state index in [0.717, 1.165) is 0 Å². The van der Waals surface area contributed by atoms with E-state index in [1.807, 2.05) is 18.2 Å². The van der Waals surface area contributed by atoms with Crippen LogP contribution in [-0.4, -0.2) is 18.8 Å². The molecule has 102 valence electrons. The summed E-state index contributed by atoms with van der Waals surface area (Å²) in [6, 6.07) is 13.7. The summed E-state index contributed by atoms with van der Waals surface area (Å²) < 4.78 is 5.31. The van der Waals surface area contributed by atoms with Gasteiger partial charge in [-0.15, -0.1) is 0 Å². The Labute approximate surface area is 121 Å². The molecular formula is C15H12ClNO3. The third-order valence-electron chi connectivity index (χ3n) is 2.53. The van der Waals surface area contributed by atoms with Gasteiger partial charge in [0.05, 0.1) is 5.02 Å². The van der Waals surface area contributed by atoms with Gasteiger partial charge in [-0.25, -0.2) is 0 Å². The Morgan fingerprint density at radius 3 is 2.60 bits per heavy atom. The second kappa shape index (κ2) is 6.73. The number of benzene rings is 2. The molecule has 1 amide bonds. The summed E-state index contributed by atoms with van der Waals surface area (Å²) in [5, 5.41) is 2.99. The first-order chi connectivity index (χ1) is 9.69. The first-order valence-electron chi connectivity index (χ1n) is 5.91. The predicted octanol–water partition coefficient (Wildman–Crippen LogP) is 3.17. The van der Waals surface area contributed by atoms with Gasteiger partial charge in [0.25, 0.3) is 5.91 Å². The standard InChI is InChI=1S/C15H12ClNO3/c16-14-8-13(7-6-11(14)9-18)20-10-15(19)17-12-4-2-1-3-5-12/h1-9H,10H2,(H,17,19). The molecule has 0 aliphatic carbocycles. The minimum absolute atomic E-state index is 0.133. The van der Waals surface area contributed by atoms with Crippen molar-refractivity contribution in [2.45, 2.75) is 0 Å². The summed E-state index contributed by atoms with van der Waals surface area (Å²) in [5.41, 5.74) is 1.09. The summed E-state index contributed by atoms with van der Waals surface area (Å²) in [5.74, 6) is 0.163. The average molecular weight is 290 g/mol. The van der Waals surface area contributed by atoms with Gasteiger partial charge in [0.1, 0.15) is 5.75 Å². The number of para-hydroxylation sites is 1. The van der Waals surface area contributed by atoms with Crippen LogP contribution in [0.3, 0.4) is 0 Å². The Morgan fingerprint density at radius 2 is 1.95 bits per heavy atom. The molecule has 20 heavy (non-hydrogen) atoms. The molecule has 4 nitrogen and oxygen atoms in total. The zero-order valence-electron chi connectivity index (χ0n) is 10.5. The van der Waals surface area contributed by atoms with Crippen LogP contribution >= 0.6 is 11.6 Å². The van der Waals surface area contributed by atoms with Crippen LogP contribution in [0.15, 0.2) is 48.5 Å². The van der Waals surface area contributed by atoms with Gasteiger partial charge in [-0.2, -0.15) is 0 Å². The molecule has 5 heteroatoms. The van der Waals surface area contributed by atoms with Crippen LogP contribution in [0, 0.1) is 0 Å². The fourth-order valence-electron chi connectivity index (χ4n) is 1.56. The molecule has 0 bridgehead atoms. The number of nitrogens with one attached hydrogen (secondary N) is 1. The van der Waals surface area contributed by atoms with E-state index in [9.17, 15) is 9.59 Å². The molecule has 2 aromatic carbocycles. The number of hydrogen-bond donors (Lipinski definition) is 1. The van der Waals surface area contributed by atoms with E-state index >= 15 is 0 Å². The Balaban J connectivity index is 1.90. The van der Waals surface area contributed by atoms with Crippen LogP contribution < -0.4 is 10.1 Å². The Morgan fingerprint density at radius 1 is 1.20 bits per heavy atom. The molecule has 0 aliphatic heterocycles. The lowest BCUT2D eigenvalue weighted by Crippen LogP contribution is -2.20. The molecule has 0 unspecified atom stereocenters. The third-order valence-corrected chi connectivity index (χ3v) is 2.85. The molecular weight excluding hydrogens is 278 g/mol. The summed E-state index contributed by atoms with van der Waals surface area (Å²) in [7, 11) is 0. The van der Waals surface area contributed by atoms with Crippen molar-refractivity contribution < 1.29 is 14.3 Å². The largest absolute Gasteiger partial charge is 0.484 e. The molecule has 2 aromatic rings. The molecule has 0 spiro atoms. The first kappa shape index (κ1) is 14.1. The number of aldehydes is 1. The fraction of sp³-hybridized carbons (Fsp3) is 0.0667. The van der Waals surface area contributed by atoms with Gasteiger partial charge in [-0.1, -0.05) is 29.8 Å². The molecule has 0 atom stereocenters. The summed E-state index contributed by atoms with van der Waals surface area (Å²) >= 11 is 5.86. The van der Waals surface area contributed by atoms with Gasteiger partial charge >= 0.3 is 0 Å². The minimum atomic E-state index is -0.271. The fourth-order valence-corrected chi connectivity index (χ4v) is 1.78. The van der Waals surface area contributed by atoms with Crippen molar-refractivity contribution in [1.82, 2.24) is 0 Å². The summed E-state index contributed by atoms with van der Waals surface area (Å²) in [4.78, 5) is 22.3. The lowest BCUT2D eigenvalue weighted by Gasteiger charge is -2.08. The van der Waals surface area contributed by atoms with Crippen LogP contribution in [0.2, 0.25) is 5.02 Å². The maximum absolute atomic E-state index is 11.7. The molecule has 0 aliphatic rings. The minimum Gasteiger partial charge on any atom is -0.484 e. The number of carbonyl (C=O) groups is 2. The van der Waals surface area contributed by atoms with Gasteiger partial charge in [0, 0.05) is 11.3 Å². The van der Waals surface area contributed by atoms with Crippen molar-refractivity contribution in [3.63, 3.8) is 0 Å². The van der Waals surface area contributed by atoms with Crippen LogP contribution in [0.4, 0.5) is 5.69 Å². The predicted molar refractivity (Wildman–Crippen MR) is 77.4 cm³/mol. The Kier molecular flexibility index (Phi) is 4.74. The van der Waals surface area contributed by atoms with E-state index in [0.29, 0.717) is 28.3 Å². The number of ether oxygens (including phenoxy) is 1. The maximum atomic E-state index is 11.7. The zero-order chi connectivity index (χ0) is 14.4. The van der Waals surface area contributed by atoms with Crippen LogP contribution in [0.25, 0.3) is 0 Å². The molecule has 0 heterocycles. The number of hydrogen-bond acceptors (Lipinski definition) is 3. The molecule has 0 aromatic heterocycles. The highest BCUT2D eigenvalue weighted by atomic mass is 35.5. The van der Waals surface area contributed by atoms with Gasteiger partial charge in [0.2, 0.25) is 0 Å². The highest BCUT2D eigenvalue weighted by Crippen LogP contribution is 2.21. The SMILES string of the molecule is O=Cc1ccc(OCC(=O)Nc2ccccc2)cc1Cl. The molecule has 1 N–H and O–H groups in total. The van der Waals surface area contributed by atoms with Crippen LogP contribution in [0.1, 0.15) is 10.4 Å². The van der Waals surface area contributed by atoms with E-state index < -0.39 is 0 Å². The summed E-state index contributed by atoms with van der Waals surface area (Å²) in [6.07, 6.45) is 0.661. The van der Waals surface area contributed by atoms with E-state index in [-0.39, 0.29) is 12.5 Å². The Hall–Kier alpha value is -2.33. The highest BCUT2D eigenvalue weighted by molar-refractivity contribution is 6.33. The average Bonchev–Trinajstić information content (AvgIpc) is 2.46. The van der Waals surface area contributed by atoms with Crippen molar-refractivity contribution in [1.29, 1.82) is 0 Å². The van der Waals surface area contributed by atoms with Gasteiger partial charge in [-0.3, -0.25) is 9.59 Å². The van der Waals surface area contributed by atoms with Crippen molar-refractivity contribution in [2.75, 3.05) is 11.9 Å². The molecule has 2 rings (SSSR count). The zero-order valence-corrected chi connectivity index (χ0v) is 11.3. The van der Waals surface area contributed by atoms with Crippen LogP contribution in [0.5, 0.6) is 5.75 Å². The summed E-state index contributed by atoms with van der Waals surface area (Å²) in [6.45, 7) is -0.133. The number of rotatable bonds is 5. The molecule has 0 fully saturated rings. The lowest BCUT2D eigenvalue weighted by atomic mass is 10.2. The number of amides is 1. The van der Waals surface area contributed by atoms with Crippen molar-refractivity contribution >= 4 is 29.5 Å².